The summed E-state index contributed by atoms with van der Waals surface area (Å²) in [6, 6.07) is 29.4. The number of rotatable bonds is 4. The van der Waals surface area contributed by atoms with Crippen LogP contribution in [0.3, 0.4) is 0 Å². The van der Waals surface area contributed by atoms with Crippen LogP contribution in [0, 0.1) is 6.92 Å². The molecule has 1 nitrogen and oxygen atoms in total. The van der Waals surface area contributed by atoms with Gasteiger partial charge in [-0.3, -0.25) is 0 Å². The first-order valence-corrected chi connectivity index (χ1v) is 10.4. The fraction of sp³-hybridized carbons (Fsp3) is 0.100. The van der Waals surface area contributed by atoms with Crippen LogP contribution in [0.15, 0.2) is 84.9 Å². The maximum absolute atomic E-state index is 6.36. The summed E-state index contributed by atoms with van der Waals surface area (Å²) >= 11 is 6.36. The predicted molar refractivity (Wildman–Crippen MR) is 106 cm³/mol. The van der Waals surface area contributed by atoms with E-state index in [1.807, 2.05) is 12.1 Å². The second-order valence-corrected chi connectivity index (χ2v) is 9.89. The Bertz CT molecular complexity index is 831. The summed E-state index contributed by atoms with van der Waals surface area (Å²) in [5.41, 5.74) is 2.41. The standard InChI is InChI=1S/C20H20NPS/c1-17-11-9-10-16-20(17)22(23,19-14-7-4-8-15-19)21(2)18-12-5-3-6-13-18/h3-16H,1-2H3. The Kier molecular flexibility index (Phi) is 4.66. The van der Waals surface area contributed by atoms with Gasteiger partial charge in [0.15, 0.2) is 0 Å². The molecule has 0 amide bonds. The third kappa shape index (κ3) is 2.97. The minimum atomic E-state index is -2.11. The molecule has 3 heteroatoms. The van der Waals surface area contributed by atoms with Gasteiger partial charge in [0.1, 0.15) is 0 Å². The second kappa shape index (κ2) is 6.70. The van der Waals surface area contributed by atoms with Gasteiger partial charge in [-0.25, -0.2) is 0 Å². The molecular formula is C20H20NPS. The van der Waals surface area contributed by atoms with Crippen molar-refractivity contribution in [3.63, 3.8) is 0 Å². The van der Waals surface area contributed by atoms with E-state index in [1.165, 1.54) is 16.2 Å². The van der Waals surface area contributed by atoms with Crippen LogP contribution in [0.25, 0.3) is 0 Å². The van der Waals surface area contributed by atoms with Crippen molar-refractivity contribution < 1.29 is 0 Å². The van der Waals surface area contributed by atoms with Gasteiger partial charge in [-0.05, 0) is 24.6 Å². The van der Waals surface area contributed by atoms with E-state index in [2.05, 4.69) is 91.4 Å². The van der Waals surface area contributed by atoms with Crippen LogP contribution in [0.1, 0.15) is 5.56 Å². The van der Waals surface area contributed by atoms with Crippen LogP contribution in [0.4, 0.5) is 5.69 Å². The van der Waals surface area contributed by atoms with Crippen LogP contribution in [-0.4, -0.2) is 7.05 Å². The van der Waals surface area contributed by atoms with Gasteiger partial charge in [0.05, 0.1) is 6.19 Å². The Morgan fingerprint density at radius 1 is 0.739 bits per heavy atom. The normalized spacial score (nSPS) is 13.3. The molecule has 0 spiro atoms. The maximum Gasteiger partial charge on any atom is 0.0929 e. The average Bonchev–Trinajstić information content (AvgIpc) is 2.62. The summed E-state index contributed by atoms with van der Waals surface area (Å²) in [6.07, 6.45) is -2.11. The number of para-hydroxylation sites is 1. The van der Waals surface area contributed by atoms with Crippen molar-refractivity contribution in [2.75, 3.05) is 11.7 Å². The van der Waals surface area contributed by atoms with Gasteiger partial charge in [-0.15, -0.1) is 0 Å². The highest BCUT2D eigenvalue weighted by Gasteiger charge is 2.28. The van der Waals surface area contributed by atoms with Crippen molar-refractivity contribution in [3.05, 3.63) is 90.5 Å². The number of benzene rings is 3. The molecule has 1 atom stereocenters. The van der Waals surface area contributed by atoms with Crippen molar-refractivity contribution in [1.82, 2.24) is 0 Å². The first-order chi connectivity index (χ1) is 11.1. The van der Waals surface area contributed by atoms with Gasteiger partial charge in [0.2, 0.25) is 0 Å². The molecule has 0 saturated carbocycles. The topological polar surface area (TPSA) is 3.24 Å². The molecule has 3 aromatic carbocycles. The number of hydrogen-bond acceptors (Lipinski definition) is 1. The van der Waals surface area contributed by atoms with Gasteiger partial charge in [-0.2, -0.15) is 0 Å². The molecule has 1 unspecified atom stereocenters. The van der Waals surface area contributed by atoms with E-state index < -0.39 is 6.19 Å². The minimum absolute atomic E-state index is 1.16. The van der Waals surface area contributed by atoms with E-state index in [0.717, 1.165) is 5.69 Å². The largest absolute Gasteiger partial charge is 0.340 e. The Labute approximate surface area is 143 Å². The average molecular weight is 337 g/mol. The molecule has 0 saturated heterocycles. The van der Waals surface area contributed by atoms with E-state index in [9.17, 15) is 0 Å². The van der Waals surface area contributed by atoms with Crippen LogP contribution < -0.4 is 15.3 Å². The van der Waals surface area contributed by atoms with E-state index in [-0.39, 0.29) is 0 Å². The van der Waals surface area contributed by atoms with Gasteiger partial charge >= 0.3 is 0 Å². The third-order valence-corrected chi connectivity index (χ3v) is 9.29. The molecular weight excluding hydrogens is 317 g/mol. The molecule has 3 aromatic rings. The molecule has 0 bridgehead atoms. The second-order valence-electron chi connectivity index (χ2n) is 5.56. The highest BCUT2D eigenvalue weighted by atomic mass is 32.4. The number of hydrogen-bond donors (Lipinski definition) is 0. The molecule has 23 heavy (non-hydrogen) atoms. The van der Waals surface area contributed by atoms with Crippen LogP contribution >= 0.6 is 6.19 Å². The van der Waals surface area contributed by atoms with Crippen molar-refractivity contribution in [2.24, 2.45) is 0 Å². The Morgan fingerprint density at radius 3 is 1.87 bits per heavy atom. The zero-order valence-corrected chi connectivity index (χ0v) is 15.1. The molecule has 0 radical (unpaired) electrons. The summed E-state index contributed by atoms with van der Waals surface area (Å²) in [4.78, 5) is 0. The summed E-state index contributed by atoms with van der Waals surface area (Å²) in [7, 11) is 2.12. The lowest BCUT2D eigenvalue weighted by molar-refractivity contribution is 1.34. The quantitative estimate of drug-likeness (QED) is 0.646. The Morgan fingerprint density at radius 2 is 1.26 bits per heavy atom. The lowest BCUT2D eigenvalue weighted by Gasteiger charge is -2.35. The van der Waals surface area contributed by atoms with Crippen molar-refractivity contribution in [1.29, 1.82) is 0 Å². The zero-order valence-electron chi connectivity index (χ0n) is 13.4. The molecule has 0 N–H and O–H groups in total. The lowest BCUT2D eigenvalue weighted by Crippen LogP contribution is -2.30. The fourth-order valence-corrected chi connectivity index (χ4v) is 6.90. The van der Waals surface area contributed by atoms with E-state index in [1.54, 1.807) is 0 Å². The van der Waals surface area contributed by atoms with E-state index in [4.69, 9.17) is 11.8 Å². The lowest BCUT2D eigenvalue weighted by atomic mass is 10.2. The molecule has 0 aromatic heterocycles. The molecule has 0 heterocycles. The van der Waals surface area contributed by atoms with Gasteiger partial charge in [0, 0.05) is 23.3 Å². The number of aryl methyl sites for hydroxylation is 1. The highest BCUT2D eigenvalue weighted by molar-refractivity contribution is 8.22. The summed E-state index contributed by atoms with van der Waals surface area (Å²) < 4.78 is 2.29. The van der Waals surface area contributed by atoms with Crippen LogP contribution in [0.5, 0.6) is 0 Å². The Hall–Kier alpha value is -1.89. The first kappa shape index (κ1) is 16.0. The summed E-state index contributed by atoms with van der Waals surface area (Å²) in [6.45, 7) is 2.15. The minimum Gasteiger partial charge on any atom is -0.340 e. The smallest absolute Gasteiger partial charge is 0.0929 e. The van der Waals surface area contributed by atoms with Gasteiger partial charge in [-0.1, -0.05) is 84.6 Å². The molecule has 116 valence electrons. The number of nitrogens with zero attached hydrogens (tertiary/aromatic N) is 1. The highest BCUT2D eigenvalue weighted by Crippen LogP contribution is 2.49. The Balaban J connectivity index is 2.23. The first-order valence-electron chi connectivity index (χ1n) is 7.65. The molecule has 0 aliphatic heterocycles. The predicted octanol–water partition coefficient (Wildman–Crippen LogP) is 4.48. The maximum atomic E-state index is 6.36. The van der Waals surface area contributed by atoms with Gasteiger partial charge < -0.3 is 4.67 Å². The van der Waals surface area contributed by atoms with Crippen LogP contribution in [0.2, 0.25) is 0 Å². The van der Waals surface area contributed by atoms with E-state index >= 15 is 0 Å². The number of anilines is 1. The molecule has 0 aliphatic rings. The fourth-order valence-electron chi connectivity index (χ4n) is 2.81. The zero-order chi connectivity index (χ0) is 16.3. The molecule has 0 fully saturated rings. The van der Waals surface area contributed by atoms with Crippen molar-refractivity contribution in [3.8, 4) is 0 Å². The molecule has 3 rings (SSSR count). The van der Waals surface area contributed by atoms with Gasteiger partial charge in [0.25, 0.3) is 0 Å². The summed E-state index contributed by atoms with van der Waals surface area (Å²) in [5.74, 6) is 0. The van der Waals surface area contributed by atoms with Crippen LogP contribution in [-0.2, 0) is 11.8 Å². The third-order valence-electron chi connectivity index (χ3n) is 4.10. The van der Waals surface area contributed by atoms with Crippen molar-refractivity contribution in [2.45, 2.75) is 6.92 Å². The monoisotopic (exact) mass is 337 g/mol. The van der Waals surface area contributed by atoms with E-state index in [0.29, 0.717) is 0 Å². The molecule has 0 aliphatic carbocycles. The SMILES string of the molecule is Cc1ccccc1P(=S)(c1ccccc1)N(C)c1ccccc1. The summed E-state index contributed by atoms with van der Waals surface area (Å²) in [5, 5.41) is 2.48. The van der Waals surface area contributed by atoms with Crippen molar-refractivity contribution >= 4 is 34.3 Å².